The number of aliphatic imine (C=N–C) groups is 1. The van der Waals surface area contributed by atoms with Crippen molar-refractivity contribution in [1.29, 1.82) is 0 Å². The highest BCUT2D eigenvalue weighted by atomic mass is 14.7. The molecule has 23 heavy (non-hydrogen) atoms. The summed E-state index contributed by atoms with van der Waals surface area (Å²) in [6.45, 7) is 16.9. The predicted molar refractivity (Wildman–Crippen MR) is 102 cm³/mol. The van der Waals surface area contributed by atoms with E-state index in [1.807, 2.05) is 0 Å². The van der Waals surface area contributed by atoms with Gasteiger partial charge < -0.3 is 0 Å². The van der Waals surface area contributed by atoms with Crippen LogP contribution in [0.25, 0.3) is 0 Å². The molecule has 0 atom stereocenters. The van der Waals surface area contributed by atoms with Gasteiger partial charge in [-0.3, -0.25) is 4.99 Å². The summed E-state index contributed by atoms with van der Waals surface area (Å²) in [6, 6.07) is 13.2. The lowest BCUT2D eigenvalue weighted by molar-refractivity contribution is 0.589. The molecular formula is C22H27N. The molecule has 0 amide bonds. The largest absolute Gasteiger partial charge is 0.256 e. The van der Waals surface area contributed by atoms with Gasteiger partial charge in [0.15, 0.2) is 0 Å². The van der Waals surface area contributed by atoms with E-state index in [9.17, 15) is 0 Å². The van der Waals surface area contributed by atoms with E-state index in [4.69, 9.17) is 0 Å². The molecule has 0 N–H and O–H groups in total. The predicted octanol–water partition coefficient (Wildman–Crippen LogP) is 5.89. The van der Waals surface area contributed by atoms with Crippen LogP contribution >= 0.6 is 0 Å². The van der Waals surface area contributed by atoms with Crippen LogP contribution in [0, 0.1) is 20.8 Å². The van der Waals surface area contributed by atoms with Gasteiger partial charge in [0.05, 0.1) is 5.71 Å². The fourth-order valence-electron chi connectivity index (χ4n) is 2.90. The molecule has 0 unspecified atom stereocenters. The number of nitrogens with zero attached hydrogens (tertiary/aromatic N) is 1. The van der Waals surface area contributed by atoms with Crippen LogP contribution in [0.5, 0.6) is 0 Å². The molecule has 1 heteroatoms. The molecule has 0 aliphatic heterocycles. The van der Waals surface area contributed by atoms with Gasteiger partial charge in [-0.05, 0) is 49.4 Å². The molecule has 2 rings (SSSR count). The quantitative estimate of drug-likeness (QED) is 0.627. The van der Waals surface area contributed by atoms with Crippen molar-refractivity contribution < 1.29 is 0 Å². The minimum atomic E-state index is 0.152. The Balaban J connectivity index is 2.59. The second-order valence-electron chi connectivity index (χ2n) is 7.32. The van der Waals surface area contributed by atoms with Crippen LogP contribution < -0.4 is 0 Å². The van der Waals surface area contributed by atoms with E-state index < -0.39 is 0 Å². The van der Waals surface area contributed by atoms with Crippen LogP contribution in [-0.2, 0) is 5.41 Å². The zero-order chi connectivity index (χ0) is 17.2. The molecule has 0 bridgehead atoms. The van der Waals surface area contributed by atoms with Gasteiger partial charge in [0.25, 0.3) is 0 Å². The van der Waals surface area contributed by atoms with E-state index in [0.717, 1.165) is 11.3 Å². The molecule has 0 aliphatic carbocycles. The Kier molecular flexibility index (Phi) is 4.89. The van der Waals surface area contributed by atoms with Gasteiger partial charge in [0, 0.05) is 17.3 Å². The summed E-state index contributed by atoms with van der Waals surface area (Å²) in [5.74, 6) is 0. The lowest BCUT2D eigenvalue weighted by Crippen LogP contribution is -2.13. The normalized spacial score (nSPS) is 12.3. The summed E-state index contributed by atoms with van der Waals surface area (Å²) in [5.41, 5.74) is 8.55. The van der Waals surface area contributed by atoms with Gasteiger partial charge in [-0.1, -0.05) is 62.7 Å². The summed E-state index contributed by atoms with van der Waals surface area (Å²) in [6.07, 6.45) is 1.63. The van der Waals surface area contributed by atoms with E-state index in [-0.39, 0.29) is 5.41 Å². The maximum absolute atomic E-state index is 4.58. The van der Waals surface area contributed by atoms with Crippen molar-refractivity contribution >= 4 is 5.71 Å². The standard InChI is InChI=1S/C22H27N/c1-8-23-21(18-12-15(2)11-16(3)13-18)20-10-9-19(14-17(20)4)22(5,6)7/h8-14H,1H2,2-7H3/b23-21-. The topological polar surface area (TPSA) is 12.4 Å². The minimum absolute atomic E-state index is 0.152. The molecule has 120 valence electrons. The van der Waals surface area contributed by atoms with Crippen molar-refractivity contribution in [2.24, 2.45) is 4.99 Å². The molecule has 0 fully saturated rings. The second-order valence-corrected chi connectivity index (χ2v) is 7.32. The zero-order valence-corrected chi connectivity index (χ0v) is 15.2. The number of hydrogen-bond donors (Lipinski definition) is 0. The summed E-state index contributed by atoms with van der Waals surface area (Å²) in [7, 11) is 0. The Hall–Kier alpha value is -2.15. The van der Waals surface area contributed by atoms with Gasteiger partial charge in [0.1, 0.15) is 0 Å². The Labute approximate surface area is 140 Å². The third-order valence-electron chi connectivity index (χ3n) is 4.06. The van der Waals surface area contributed by atoms with Gasteiger partial charge in [0.2, 0.25) is 0 Å². The maximum atomic E-state index is 4.58. The first-order chi connectivity index (χ1) is 10.7. The van der Waals surface area contributed by atoms with Gasteiger partial charge >= 0.3 is 0 Å². The van der Waals surface area contributed by atoms with Crippen LogP contribution in [0.4, 0.5) is 0 Å². The van der Waals surface area contributed by atoms with Crippen molar-refractivity contribution in [1.82, 2.24) is 0 Å². The average molecular weight is 305 g/mol. The number of rotatable bonds is 3. The first-order valence-corrected chi connectivity index (χ1v) is 8.11. The lowest BCUT2D eigenvalue weighted by atomic mass is 9.84. The SMILES string of the molecule is C=C/N=C(/c1cc(C)cc(C)c1)c1ccc(C(C)(C)C)cc1C. The molecule has 0 aliphatic rings. The van der Waals surface area contributed by atoms with E-state index >= 15 is 0 Å². The lowest BCUT2D eigenvalue weighted by Gasteiger charge is -2.21. The maximum Gasteiger partial charge on any atom is 0.0776 e. The van der Waals surface area contributed by atoms with Gasteiger partial charge in [-0.15, -0.1) is 0 Å². The third kappa shape index (κ3) is 3.98. The van der Waals surface area contributed by atoms with Crippen LogP contribution in [-0.4, -0.2) is 5.71 Å². The van der Waals surface area contributed by atoms with Crippen LogP contribution in [0.2, 0.25) is 0 Å². The average Bonchev–Trinajstić information content (AvgIpc) is 2.43. The highest BCUT2D eigenvalue weighted by Crippen LogP contribution is 2.26. The smallest absolute Gasteiger partial charge is 0.0776 e. The highest BCUT2D eigenvalue weighted by Gasteiger charge is 2.16. The van der Waals surface area contributed by atoms with Crippen LogP contribution in [0.3, 0.4) is 0 Å². The second kappa shape index (κ2) is 6.54. The van der Waals surface area contributed by atoms with Crippen molar-refractivity contribution in [3.05, 3.63) is 82.6 Å². The molecule has 0 spiro atoms. The number of benzene rings is 2. The Morgan fingerprint density at radius 3 is 2.04 bits per heavy atom. The molecule has 0 heterocycles. The summed E-state index contributed by atoms with van der Waals surface area (Å²) >= 11 is 0. The third-order valence-corrected chi connectivity index (χ3v) is 4.06. The first kappa shape index (κ1) is 17.2. The van der Waals surface area contributed by atoms with Crippen molar-refractivity contribution in [2.45, 2.75) is 47.0 Å². The minimum Gasteiger partial charge on any atom is -0.256 e. The number of hydrogen-bond acceptors (Lipinski definition) is 1. The van der Waals surface area contributed by atoms with Gasteiger partial charge in [-0.25, -0.2) is 0 Å². The molecule has 1 nitrogen and oxygen atoms in total. The van der Waals surface area contributed by atoms with Crippen LogP contribution in [0.15, 0.2) is 54.2 Å². The summed E-state index contributed by atoms with van der Waals surface area (Å²) < 4.78 is 0. The number of aryl methyl sites for hydroxylation is 3. The summed E-state index contributed by atoms with van der Waals surface area (Å²) in [5, 5.41) is 0. The van der Waals surface area contributed by atoms with E-state index in [2.05, 4.69) is 89.5 Å². The molecule has 0 saturated heterocycles. The van der Waals surface area contributed by atoms with Gasteiger partial charge in [-0.2, -0.15) is 0 Å². The van der Waals surface area contributed by atoms with Crippen molar-refractivity contribution in [3.63, 3.8) is 0 Å². The van der Waals surface area contributed by atoms with E-state index in [0.29, 0.717) is 0 Å². The zero-order valence-electron chi connectivity index (χ0n) is 15.2. The molecule has 2 aromatic carbocycles. The Morgan fingerprint density at radius 2 is 1.57 bits per heavy atom. The van der Waals surface area contributed by atoms with E-state index in [1.165, 1.54) is 27.8 Å². The monoisotopic (exact) mass is 305 g/mol. The van der Waals surface area contributed by atoms with Crippen molar-refractivity contribution in [2.75, 3.05) is 0 Å². The van der Waals surface area contributed by atoms with Crippen molar-refractivity contribution in [3.8, 4) is 0 Å². The van der Waals surface area contributed by atoms with Crippen LogP contribution in [0.1, 0.15) is 54.2 Å². The first-order valence-electron chi connectivity index (χ1n) is 8.11. The molecule has 0 aromatic heterocycles. The highest BCUT2D eigenvalue weighted by molar-refractivity contribution is 6.14. The molecular weight excluding hydrogens is 278 g/mol. The fraction of sp³-hybridized carbons (Fsp3) is 0.318. The summed E-state index contributed by atoms with van der Waals surface area (Å²) in [4.78, 5) is 4.58. The Morgan fingerprint density at radius 1 is 0.957 bits per heavy atom. The molecule has 0 radical (unpaired) electrons. The Bertz CT molecular complexity index is 738. The van der Waals surface area contributed by atoms with E-state index in [1.54, 1.807) is 6.20 Å². The molecule has 2 aromatic rings. The fourth-order valence-corrected chi connectivity index (χ4v) is 2.90. The molecule has 0 saturated carbocycles.